The largest absolute Gasteiger partial charge is 0.497 e. The molecule has 0 bridgehead atoms. The minimum absolute atomic E-state index is 0.804. The number of anilines is 6. The molecule has 0 aromatic heterocycles. The van der Waals surface area contributed by atoms with Gasteiger partial charge in [0, 0.05) is 34.1 Å². The van der Waals surface area contributed by atoms with Crippen LogP contribution in [0.25, 0.3) is 23.3 Å². The topological polar surface area (TPSA) is 24.9 Å². The average Bonchev–Trinajstić information content (AvgIpc) is 3.41. The molecule has 330 valence electrons. The fourth-order valence-corrected chi connectivity index (χ4v) is 8.28. The van der Waals surface area contributed by atoms with E-state index >= 15 is 0 Å². The number of hydrogen-bond donors (Lipinski definition) is 0. The summed E-state index contributed by atoms with van der Waals surface area (Å²) in [6.45, 7) is 0. The van der Waals surface area contributed by atoms with Gasteiger partial charge in [-0.15, -0.1) is 0 Å². The number of rotatable bonds is 16. The van der Waals surface area contributed by atoms with E-state index in [4.69, 9.17) is 9.47 Å². The Balaban J connectivity index is 1.05. The molecule has 0 heterocycles. The zero-order chi connectivity index (χ0) is 46.3. The van der Waals surface area contributed by atoms with Gasteiger partial charge in [0.1, 0.15) is 11.5 Å². The highest BCUT2D eigenvalue weighted by atomic mass is 16.5. The van der Waals surface area contributed by atoms with Crippen molar-refractivity contribution >= 4 is 57.4 Å². The zero-order valence-corrected chi connectivity index (χ0v) is 38.3. The lowest BCUT2D eigenvalue weighted by atomic mass is 9.97. The third-order valence-corrected chi connectivity index (χ3v) is 11.8. The van der Waals surface area contributed by atoms with Crippen LogP contribution in [0.5, 0.6) is 11.5 Å². The van der Waals surface area contributed by atoms with Gasteiger partial charge in [0.2, 0.25) is 0 Å². The highest BCUT2D eigenvalue weighted by Gasteiger charge is 2.17. The van der Waals surface area contributed by atoms with E-state index in [-0.39, 0.29) is 0 Å². The first-order valence-corrected chi connectivity index (χ1v) is 22.8. The van der Waals surface area contributed by atoms with Crippen molar-refractivity contribution in [3.8, 4) is 11.5 Å². The van der Waals surface area contributed by atoms with Gasteiger partial charge in [-0.3, -0.25) is 0 Å². The monoisotopic (exact) mass is 880 g/mol. The van der Waals surface area contributed by atoms with Crippen LogP contribution in [0.2, 0.25) is 0 Å². The van der Waals surface area contributed by atoms with E-state index in [2.05, 4.69) is 265 Å². The quantitative estimate of drug-likeness (QED) is 0.0903. The third-order valence-electron chi connectivity index (χ3n) is 11.8. The van der Waals surface area contributed by atoms with Gasteiger partial charge in [0.25, 0.3) is 0 Å². The summed E-state index contributed by atoms with van der Waals surface area (Å²) in [5.74, 6) is 1.61. The summed E-state index contributed by atoms with van der Waals surface area (Å²) in [7, 11) is 3.38. The van der Waals surface area contributed by atoms with Crippen LogP contribution in [0.4, 0.5) is 34.1 Å². The Bertz CT molecular complexity index is 2830. The molecule has 0 aliphatic rings. The Hall–Kier alpha value is -8.86. The highest BCUT2D eigenvalue weighted by Crippen LogP contribution is 2.40. The molecule has 0 aliphatic heterocycles. The second-order valence-corrected chi connectivity index (χ2v) is 16.1. The van der Waals surface area contributed by atoms with Crippen molar-refractivity contribution in [2.75, 3.05) is 24.0 Å². The molecule has 0 amide bonds. The molecule has 9 aromatic carbocycles. The van der Waals surface area contributed by atoms with Gasteiger partial charge < -0.3 is 19.3 Å². The Morgan fingerprint density at radius 2 is 0.529 bits per heavy atom. The lowest BCUT2D eigenvalue weighted by Crippen LogP contribution is -2.12. The van der Waals surface area contributed by atoms with Gasteiger partial charge in [-0.1, -0.05) is 182 Å². The molecule has 0 fully saturated rings. The normalized spacial score (nSPS) is 11.0. The van der Waals surface area contributed by atoms with Crippen LogP contribution in [0.15, 0.2) is 267 Å². The molecule has 0 saturated carbocycles. The Morgan fingerprint density at radius 3 is 0.779 bits per heavy atom. The van der Waals surface area contributed by atoms with Crippen molar-refractivity contribution in [1.29, 1.82) is 0 Å². The molecule has 0 saturated heterocycles. The fourth-order valence-electron chi connectivity index (χ4n) is 8.28. The molecule has 0 N–H and O–H groups in total. The standard InChI is InChI=1S/C64H52N2O2/c1-67-61-45-41-59(42-46-61)66(60-43-47-62(68-2)48-44-60)58-39-37-57(38-40-58)65(55-33-29-49(30-34-55)17-15-27-63(51-19-7-3-8-20-51)52-21-9-4-10-22-52)56-35-31-50(32-36-56)18-16-28-64(53-23-11-5-12-24-53)54-25-13-6-14-26-54/h3-48H,1-2H3/b17-15+,18-16+. The molecule has 0 unspecified atom stereocenters. The number of ether oxygens (including phenoxy) is 2. The van der Waals surface area contributed by atoms with Crippen LogP contribution >= 0.6 is 0 Å². The smallest absolute Gasteiger partial charge is 0.119 e. The minimum atomic E-state index is 0.804. The third kappa shape index (κ3) is 10.8. The molecule has 0 aliphatic carbocycles. The van der Waals surface area contributed by atoms with Gasteiger partial charge >= 0.3 is 0 Å². The van der Waals surface area contributed by atoms with Gasteiger partial charge in [0.05, 0.1) is 14.2 Å². The van der Waals surface area contributed by atoms with E-state index in [0.717, 1.165) is 56.8 Å². The van der Waals surface area contributed by atoms with Crippen LogP contribution in [-0.4, -0.2) is 14.2 Å². The second-order valence-electron chi connectivity index (χ2n) is 16.1. The summed E-state index contributed by atoms with van der Waals surface area (Å²) in [6, 6.07) is 84.7. The molecule has 0 spiro atoms. The Labute approximate surface area is 401 Å². The molecular formula is C64H52N2O2. The second kappa shape index (κ2) is 21.9. The van der Waals surface area contributed by atoms with Crippen LogP contribution < -0.4 is 19.3 Å². The summed E-state index contributed by atoms with van der Waals surface area (Å²) in [5, 5.41) is 0. The van der Waals surface area contributed by atoms with E-state index in [1.165, 1.54) is 33.4 Å². The van der Waals surface area contributed by atoms with Crippen LogP contribution in [-0.2, 0) is 0 Å². The summed E-state index contributed by atoms with van der Waals surface area (Å²) < 4.78 is 11.0. The minimum Gasteiger partial charge on any atom is -0.497 e. The zero-order valence-electron chi connectivity index (χ0n) is 38.3. The number of hydrogen-bond acceptors (Lipinski definition) is 4. The van der Waals surface area contributed by atoms with Crippen molar-refractivity contribution in [1.82, 2.24) is 0 Å². The van der Waals surface area contributed by atoms with Crippen LogP contribution in [0.1, 0.15) is 33.4 Å². The first-order chi connectivity index (χ1) is 33.6. The maximum absolute atomic E-state index is 5.50. The van der Waals surface area contributed by atoms with E-state index in [0.29, 0.717) is 0 Å². The van der Waals surface area contributed by atoms with Crippen molar-refractivity contribution in [3.63, 3.8) is 0 Å². The van der Waals surface area contributed by atoms with E-state index < -0.39 is 0 Å². The van der Waals surface area contributed by atoms with Gasteiger partial charge in [0.15, 0.2) is 0 Å². The first kappa shape index (κ1) is 44.3. The Morgan fingerprint density at radius 1 is 0.294 bits per heavy atom. The highest BCUT2D eigenvalue weighted by molar-refractivity contribution is 5.84. The van der Waals surface area contributed by atoms with Crippen molar-refractivity contribution in [2.24, 2.45) is 0 Å². The lowest BCUT2D eigenvalue weighted by molar-refractivity contribution is 0.415. The number of methoxy groups -OCH3 is 2. The maximum Gasteiger partial charge on any atom is 0.119 e. The number of allylic oxidation sites excluding steroid dienone is 4. The van der Waals surface area contributed by atoms with Crippen molar-refractivity contribution in [2.45, 2.75) is 0 Å². The SMILES string of the molecule is COc1ccc(N(c2ccc(OC)cc2)c2ccc(N(c3ccc(/C=C/C=C(c4ccccc4)c4ccccc4)cc3)c3ccc(/C=C/C=C(c4ccccc4)c4ccccc4)cc3)cc2)cc1. The number of nitrogens with zero attached hydrogens (tertiary/aromatic N) is 2. The van der Waals surface area contributed by atoms with Crippen molar-refractivity contribution < 1.29 is 9.47 Å². The summed E-state index contributed by atoms with van der Waals surface area (Å²) in [4.78, 5) is 4.54. The average molecular weight is 881 g/mol. The van der Waals surface area contributed by atoms with E-state index in [1.54, 1.807) is 14.2 Å². The molecule has 9 rings (SSSR count). The molecule has 68 heavy (non-hydrogen) atoms. The van der Waals surface area contributed by atoms with Crippen LogP contribution in [0, 0.1) is 0 Å². The summed E-state index contributed by atoms with van der Waals surface area (Å²) in [5.41, 5.74) is 15.4. The van der Waals surface area contributed by atoms with Crippen LogP contribution in [0.3, 0.4) is 0 Å². The van der Waals surface area contributed by atoms with E-state index in [1.807, 2.05) is 24.3 Å². The maximum atomic E-state index is 5.50. The van der Waals surface area contributed by atoms with Gasteiger partial charge in [-0.05, 0) is 142 Å². The molecular weight excluding hydrogens is 829 g/mol. The summed E-state index contributed by atoms with van der Waals surface area (Å²) >= 11 is 0. The molecule has 0 atom stereocenters. The van der Waals surface area contributed by atoms with Gasteiger partial charge in [-0.2, -0.15) is 0 Å². The predicted octanol–water partition coefficient (Wildman–Crippen LogP) is 16.9. The molecule has 0 radical (unpaired) electrons. The molecule has 4 nitrogen and oxygen atoms in total. The Kier molecular flexibility index (Phi) is 14.3. The van der Waals surface area contributed by atoms with Crippen molar-refractivity contribution in [3.05, 3.63) is 300 Å². The number of benzene rings is 9. The fraction of sp³-hybridized carbons (Fsp3) is 0.0312. The molecule has 4 heteroatoms. The lowest BCUT2D eigenvalue weighted by Gasteiger charge is -2.28. The van der Waals surface area contributed by atoms with Gasteiger partial charge in [-0.25, -0.2) is 0 Å². The summed E-state index contributed by atoms with van der Waals surface area (Å²) in [6.07, 6.45) is 13.0. The first-order valence-electron chi connectivity index (χ1n) is 22.8. The predicted molar refractivity (Wildman–Crippen MR) is 287 cm³/mol. The van der Waals surface area contributed by atoms with E-state index in [9.17, 15) is 0 Å². The molecule has 9 aromatic rings.